The van der Waals surface area contributed by atoms with Crippen LogP contribution in [0.1, 0.15) is 65.0 Å². The van der Waals surface area contributed by atoms with E-state index >= 15 is 0 Å². The molecule has 0 aromatic heterocycles. The van der Waals surface area contributed by atoms with Gasteiger partial charge in [-0.25, -0.2) is 4.79 Å². The molecule has 1 aliphatic carbocycles. The van der Waals surface area contributed by atoms with Crippen LogP contribution in [0.2, 0.25) is 0 Å². The highest BCUT2D eigenvalue weighted by Gasteiger charge is 2.54. The number of amides is 2. The highest BCUT2D eigenvalue weighted by molar-refractivity contribution is 6.03. The Morgan fingerprint density at radius 3 is 2.41 bits per heavy atom. The van der Waals surface area contributed by atoms with Gasteiger partial charge >= 0.3 is 6.09 Å². The molecule has 2 N–H and O–H groups in total. The van der Waals surface area contributed by atoms with Crippen molar-refractivity contribution in [1.29, 1.82) is 0 Å². The average molecular weight is 537 g/mol. The minimum atomic E-state index is -0.551. The van der Waals surface area contributed by atoms with Gasteiger partial charge in [0.15, 0.2) is 5.78 Å². The standard InChI is InChI=1S/C30H36N2O7/c1-30(2,3)39-29(35)32-9-10-37-19-7-5-17(6-8-19)23-16-38-27-21(23)11-18(12-22(27)28(34)31-4)26(33)13-20-24-14-36-15-25(20)24/h5-8,11-12,20,23-25H,9-10,13-16H2,1-4H3,(H,31,34)(H,32,35)/t20?,23?,24-,25+. The van der Waals surface area contributed by atoms with Crippen molar-refractivity contribution in [3.8, 4) is 11.5 Å². The maximum absolute atomic E-state index is 13.2. The maximum atomic E-state index is 13.2. The number of Topliss-reactive ketones (excluding diaryl/α,β-unsaturated/α-hetero) is 1. The van der Waals surface area contributed by atoms with E-state index in [1.54, 1.807) is 13.1 Å². The van der Waals surface area contributed by atoms with Crippen LogP contribution in [0.4, 0.5) is 4.79 Å². The molecule has 0 radical (unpaired) electrons. The zero-order valence-corrected chi connectivity index (χ0v) is 22.9. The number of carbonyl (C=O) groups is 3. The van der Waals surface area contributed by atoms with Crippen molar-refractivity contribution in [2.45, 2.75) is 38.7 Å². The van der Waals surface area contributed by atoms with E-state index in [-0.39, 0.29) is 17.6 Å². The Kier molecular flexibility index (Phi) is 7.53. The lowest BCUT2D eigenvalue weighted by Gasteiger charge is -2.19. The highest BCUT2D eigenvalue weighted by Crippen LogP contribution is 2.53. The molecule has 2 unspecified atom stereocenters. The van der Waals surface area contributed by atoms with Crippen molar-refractivity contribution in [2.24, 2.45) is 17.8 Å². The lowest BCUT2D eigenvalue weighted by molar-refractivity contribution is 0.0520. The highest BCUT2D eigenvalue weighted by atomic mass is 16.6. The number of ether oxygens (including phenoxy) is 4. The summed E-state index contributed by atoms with van der Waals surface area (Å²) >= 11 is 0. The fourth-order valence-corrected chi connectivity index (χ4v) is 5.49. The Morgan fingerprint density at radius 1 is 1.03 bits per heavy atom. The van der Waals surface area contributed by atoms with Gasteiger partial charge in [0.2, 0.25) is 0 Å². The molecular formula is C30H36N2O7. The molecule has 9 nitrogen and oxygen atoms in total. The zero-order chi connectivity index (χ0) is 27.7. The Labute approximate surface area is 228 Å². The number of hydrogen-bond donors (Lipinski definition) is 2. The van der Waals surface area contributed by atoms with E-state index in [2.05, 4.69) is 10.6 Å². The van der Waals surface area contributed by atoms with Crippen LogP contribution in [-0.2, 0) is 9.47 Å². The lowest BCUT2D eigenvalue weighted by atomic mass is 9.89. The molecule has 0 spiro atoms. The minimum absolute atomic E-state index is 0.0525. The van der Waals surface area contributed by atoms with Gasteiger partial charge in [-0.3, -0.25) is 9.59 Å². The smallest absolute Gasteiger partial charge is 0.407 e. The van der Waals surface area contributed by atoms with Gasteiger partial charge in [-0.15, -0.1) is 0 Å². The Hall–Kier alpha value is -3.59. The Morgan fingerprint density at radius 2 is 1.74 bits per heavy atom. The van der Waals surface area contributed by atoms with Gasteiger partial charge in [-0.2, -0.15) is 0 Å². The van der Waals surface area contributed by atoms with Gasteiger partial charge in [-0.05, 0) is 68.4 Å². The van der Waals surface area contributed by atoms with E-state index in [0.29, 0.717) is 66.6 Å². The first-order chi connectivity index (χ1) is 18.6. The van der Waals surface area contributed by atoms with E-state index < -0.39 is 11.7 Å². The van der Waals surface area contributed by atoms with Crippen LogP contribution in [0.25, 0.3) is 0 Å². The predicted molar refractivity (Wildman–Crippen MR) is 144 cm³/mol. The van der Waals surface area contributed by atoms with E-state index in [9.17, 15) is 14.4 Å². The van der Waals surface area contributed by atoms with Crippen LogP contribution in [0.5, 0.6) is 11.5 Å². The SMILES string of the molecule is CNC(=O)c1cc(C(=O)CC2[C@H]3COC[C@@H]23)cc2c1OCC2c1ccc(OCCNC(=O)OC(C)(C)C)cc1. The van der Waals surface area contributed by atoms with Crippen molar-refractivity contribution >= 4 is 17.8 Å². The van der Waals surface area contributed by atoms with Gasteiger partial charge in [0.25, 0.3) is 5.91 Å². The molecule has 2 aromatic carbocycles. The molecule has 4 atom stereocenters. The van der Waals surface area contributed by atoms with Gasteiger partial charge < -0.3 is 29.6 Å². The quantitative estimate of drug-likeness (QED) is 0.369. The van der Waals surface area contributed by atoms with Crippen LogP contribution in [0.3, 0.4) is 0 Å². The molecule has 2 aliphatic heterocycles. The lowest BCUT2D eigenvalue weighted by Crippen LogP contribution is -2.34. The molecule has 2 amide bonds. The molecule has 1 saturated carbocycles. The number of carbonyl (C=O) groups excluding carboxylic acids is 3. The number of ketones is 1. The molecule has 0 bridgehead atoms. The molecule has 39 heavy (non-hydrogen) atoms. The third kappa shape index (κ3) is 6.03. The van der Waals surface area contributed by atoms with Crippen molar-refractivity contribution in [3.05, 3.63) is 58.7 Å². The second kappa shape index (κ2) is 10.9. The first kappa shape index (κ1) is 27.0. The predicted octanol–water partition coefficient (Wildman–Crippen LogP) is 3.94. The molecule has 5 rings (SSSR count). The molecule has 2 fully saturated rings. The Balaban J connectivity index is 1.26. The summed E-state index contributed by atoms with van der Waals surface area (Å²) in [5.74, 6) is 2.21. The van der Waals surface area contributed by atoms with E-state index in [1.807, 2.05) is 51.1 Å². The first-order valence-electron chi connectivity index (χ1n) is 13.5. The van der Waals surface area contributed by atoms with Crippen LogP contribution < -0.4 is 20.1 Å². The summed E-state index contributed by atoms with van der Waals surface area (Å²) in [5, 5.41) is 5.34. The molecular weight excluding hydrogens is 500 g/mol. The van der Waals surface area contributed by atoms with Crippen molar-refractivity contribution in [1.82, 2.24) is 10.6 Å². The van der Waals surface area contributed by atoms with Crippen molar-refractivity contribution in [2.75, 3.05) is 40.0 Å². The third-order valence-corrected chi connectivity index (χ3v) is 7.55. The van der Waals surface area contributed by atoms with E-state index in [1.165, 1.54) is 0 Å². The zero-order valence-electron chi connectivity index (χ0n) is 22.9. The monoisotopic (exact) mass is 536 g/mol. The fourth-order valence-electron chi connectivity index (χ4n) is 5.49. The molecule has 208 valence electrons. The number of rotatable bonds is 9. The Bertz CT molecular complexity index is 1240. The van der Waals surface area contributed by atoms with Crippen molar-refractivity contribution in [3.63, 3.8) is 0 Å². The number of fused-ring (bicyclic) bond motifs is 2. The van der Waals surface area contributed by atoms with Crippen LogP contribution in [-0.4, -0.2) is 63.4 Å². The molecule has 2 aromatic rings. The van der Waals surface area contributed by atoms with Crippen molar-refractivity contribution < 1.29 is 33.3 Å². The number of hydrogen-bond acceptors (Lipinski definition) is 7. The first-order valence-corrected chi connectivity index (χ1v) is 13.5. The normalized spacial score (nSPS) is 22.8. The van der Waals surface area contributed by atoms with Crippen LogP contribution in [0.15, 0.2) is 36.4 Å². The summed E-state index contributed by atoms with van der Waals surface area (Å²) in [6.45, 7) is 7.90. The summed E-state index contributed by atoms with van der Waals surface area (Å²) in [7, 11) is 1.57. The summed E-state index contributed by atoms with van der Waals surface area (Å²) < 4.78 is 22.4. The second-order valence-corrected chi connectivity index (χ2v) is 11.4. The molecule has 2 heterocycles. The summed E-state index contributed by atoms with van der Waals surface area (Å²) in [6, 6.07) is 11.2. The van der Waals surface area contributed by atoms with Crippen LogP contribution in [0, 0.1) is 17.8 Å². The molecule has 3 aliphatic rings. The maximum Gasteiger partial charge on any atom is 0.407 e. The topological polar surface area (TPSA) is 112 Å². The summed E-state index contributed by atoms with van der Waals surface area (Å²) in [4.78, 5) is 37.7. The number of nitrogens with one attached hydrogen (secondary N) is 2. The largest absolute Gasteiger partial charge is 0.492 e. The summed E-state index contributed by atoms with van der Waals surface area (Å²) in [5.41, 5.74) is 2.22. The second-order valence-electron chi connectivity index (χ2n) is 11.4. The fraction of sp³-hybridized carbons (Fsp3) is 0.500. The minimum Gasteiger partial charge on any atom is -0.492 e. The van der Waals surface area contributed by atoms with E-state index in [0.717, 1.165) is 24.3 Å². The van der Waals surface area contributed by atoms with Gasteiger partial charge in [-0.1, -0.05) is 12.1 Å². The molecule has 9 heteroatoms. The van der Waals surface area contributed by atoms with Gasteiger partial charge in [0.1, 0.15) is 23.7 Å². The van der Waals surface area contributed by atoms with Gasteiger partial charge in [0.05, 0.1) is 31.9 Å². The summed E-state index contributed by atoms with van der Waals surface area (Å²) in [6.07, 6.45) is -0.00492. The number of benzene rings is 2. The molecule has 1 saturated heterocycles. The number of alkyl carbamates (subject to hydrolysis) is 1. The average Bonchev–Trinajstić information content (AvgIpc) is 3.25. The van der Waals surface area contributed by atoms with E-state index in [4.69, 9.17) is 18.9 Å². The van der Waals surface area contributed by atoms with Gasteiger partial charge in [0, 0.05) is 30.5 Å². The third-order valence-electron chi connectivity index (χ3n) is 7.55. The van der Waals surface area contributed by atoms with Crippen LogP contribution >= 0.6 is 0 Å².